The van der Waals surface area contributed by atoms with E-state index in [2.05, 4.69) is 22.5 Å². The molecule has 0 aliphatic carbocycles. The second-order valence-electron chi connectivity index (χ2n) is 4.54. The van der Waals surface area contributed by atoms with Crippen LogP contribution in [0.1, 0.15) is 19.4 Å². The summed E-state index contributed by atoms with van der Waals surface area (Å²) in [7, 11) is 1.63. The molecule has 4 heteroatoms. The van der Waals surface area contributed by atoms with Crippen LogP contribution in [0.4, 0.5) is 0 Å². The van der Waals surface area contributed by atoms with Gasteiger partial charge in [0.05, 0.1) is 11.6 Å². The molecule has 1 aromatic rings. The number of hydrogen-bond acceptors (Lipinski definition) is 3. The number of hydrogen-bond donors (Lipinski definition) is 1. The quantitative estimate of drug-likeness (QED) is 0.819. The zero-order valence-corrected chi connectivity index (χ0v) is 12.7. The first-order chi connectivity index (χ1) is 8.43. The smallest absolute Gasteiger partial charge is 0.175 e. The highest BCUT2D eigenvalue weighted by Crippen LogP contribution is 2.37. The molecule has 1 atom stereocenters. The van der Waals surface area contributed by atoms with Crippen LogP contribution in [0.5, 0.6) is 11.5 Å². The average Bonchev–Trinajstić information content (AvgIpc) is 2.25. The molecule has 0 spiro atoms. The lowest BCUT2D eigenvalue weighted by Crippen LogP contribution is -2.17. The molecule has 1 rings (SSSR count). The molecule has 1 unspecified atom stereocenters. The van der Waals surface area contributed by atoms with Crippen molar-refractivity contribution in [3.63, 3.8) is 0 Å². The minimum atomic E-state index is 0.115. The van der Waals surface area contributed by atoms with Gasteiger partial charge in [0.15, 0.2) is 11.5 Å². The highest BCUT2D eigenvalue weighted by Gasteiger charge is 2.12. The van der Waals surface area contributed by atoms with Gasteiger partial charge in [-0.1, -0.05) is 6.58 Å². The zero-order chi connectivity index (χ0) is 13.7. The summed E-state index contributed by atoms with van der Waals surface area (Å²) in [4.78, 5) is 0. The first-order valence-corrected chi connectivity index (χ1v) is 6.62. The number of methoxy groups -OCH3 is 1. The van der Waals surface area contributed by atoms with Crippen molar-refractivity contribution in [1.82, 2.24) is 0 Å². The first kappa shape index (κ1) is 15.1. The molecule has 0 heterocycles. The van der Waals surface area contributed by atoms with Gasteiger partial charge in [0, 0.05) is 6.04 Å². The van der Waals surface area contributed by atoms with E-state index in [4.69, 9.17) is 15.2 Å². The number of halogens is 1. The SMILES string of the molecule is C=C(C)COc1c(Br)cc(CC(C)N)cc1OC. The molecule has 0 radical (unpaired) electrons. The summed E-state index contributed by atoms with van der Waals surface area (Å²) in [5, 5.41) is 0. The van der Waals surface area contributed by atoms with Gasteiger partial charge < -0.3 is 15.2 Å². The van der Waals surface area contributed by atoms with E-state index in [9.17, 15) is 0 Å². The van der Waals surface area contributed by atoms with Gasteiger partial charge in [0.2, 0.25) is 0 Å². The lowest BCUT2D eigenvalue weighted by Gasteiger charge is -2.15. The largest absolute Gasteiger partial charge is 0.493 e. The van der Waals surface area contributed by atoms with Crippen LogP contribution >= 0.6 is 15.9 Å². The lowest BCUT2D eigenvalue weighted by atomic mass is 10.1. The summed E-state index contributed by atoms with van der Waals surface area (Å²) < 4.78 is 11.9. The van der Waals surface area contributed by atoms with Crippen molar-refractivity contribution in [2.75, 3.05) is 13.7 Å². The number of nitrogens with two attached hydrogens (primary N) is 1. The van der Waals surface area contributed by atoms with Crippen LogP contribution < -0.4 is 15.2 Å². The zero-order valence-electron chi connectivity index (χ0n) is 11.1. The summed E-state index contributed by atoms with van der Waals surface area (Å²) in [5.74, 6) is 1.41. The van der Waals surface area contributed by atoms with Crippen molar-refractivity contribution in [3.8, 4) is 11.5 Å². The summed E-state index contributed by atoms with van der Waals surface area (Å²) in [6.45, 7) is 8.19. The van der Waals surface area contributed by atoms with E-state index in [1.165, 1.54) is 0 Å². The number of ether oxygens (including phenoxy) is 2. The van der Waals surface area contributed by atoms with Crippen LogP contribution in [0.25, 0.3) is 0 Å². The van der Waals surface area contributed by atoms with E-state index in [0.717, 1.165) is 22.0 Å². The van der Waals surface area contributed by atoms with E-state index in [0.29, 0.717) is 18.1 Å². The standard InChI is InChI=1S/C14H20BrNO2/c1-9(2)8-18-14-12(15)6-11(5-10(3)16)7-13(14)17-4/h6-7,10H,1,5,8,16H2,2-4H3. The van der Waals surface area contributed by atoms with E-state index >= 15 is 0 Å². The highest BCUT2D eigenvalue weighted by molar-refractivity contribution is 9.10. The van der Waals surface area contributed by atoms with Crippen molar-refractivity contribution >= 4 is 15.9 Å². The maximum absolute atomic E-state index is 5.80. The maximum atomic E-state index is 5.80. The molecule has 18 heavy (non-hydrogen) atoms. The second-order valence-corrected chi connectivity index (χ2v) is 5.39. The average molecular weight is 314 g/mol. The molecule has 1 aromatic carbocycles. The van der Waals surface area contributed by atoms with Gasteiger partial charge in [-0.2, -0.15) is 0 Å². The molecule has 0 saturated heterocycles. The molecule has 0 aromatic heterocycles. The lowest BCUT2D eigenvalue weighted by molar-refractivity contribution is 0.317. The maximum Gasteiger partial charge on any atom is 0.175 e. The molecule has 0 aliphatic rings. The summed E-state index contributed by atoms with van der Waals surface area (Å²) in [6, 6.07) is 4.09. The van der Waals surface area contributed by atoms with Crippen molar-refractivity contribution in [1.29, 1.82) is 0 Å². The Hall–Kier alpha value is -1.00. The third kappa shape index (κ3) is 4.35. The molecule has 2 N–H and O–H groups in total. The monoisotopic (exact) mass is 313 g/mol. The topological polar surface area (TPSA) is 44.5 Å². The van der Waals surface area contributed by atoms with E-state index in [1.54, 1.807) is 7.11 Å². The van der Waals surface area contributed by atoms with Gasteiger partial charge in [0.25, 0.3) is 0 Å². The summed E-state index contributed by atoms with van der Waals surface area (Å²) in [5.41, 5.74) is 7.89. The molecule has 0 aliphatic heterocycles. The minimum absolute atomic E-state index is 0.115. The number of benzene rings is 1. The molecule has 0 bridgehead atoms. The van der Waals surface area contributed by atoms with Gasteiger partial charge in [-0.25, -0.2) is 0 Å². The second kappa shape index (κ2) is 6.81. The minimum Gasteiger partial charge on any atom is -0.493 e. The Kier molecular flexibility index (Phi) is 5.69. The first-order valence-electron chi connectivity index (χ1n) is 5.83. The van der Waals surface area contributed by atoms with Gasteiger partial charge >= 0.3 is 0 Å². The van der Waals surface area contributed by atoms with E-state index in [-0.39, 0.29) is 6.04 Å². The molecule has 100 valence electrons. The van der Waals surface area contributed by atoms with Crippen LogP contribution in [-0.2, 0) is 6.42 Å². The van der Waals surface area contributed by atoms with Crippen molar-refractivity contribution in [2.45, 2.75) is 26.3 Å². The van der Waals surface area contributed by atoms with Crippen LogP contribution in [0, 0.1) is 0 Å². The molecular formula is C14H20BrNO2. The fourth-order valence-electron chi connectivity index (χ4n) is 1.60. The summed E-state index contributed by atoms with van der Waals surface area (Å²) in [6.07, 6.45) is 0.801. The highest BCUT2D eigenvalue weighted by atomic mass is 79.9. The van der Waals surface area contributed by atoms with Gasteiger partial charge in [-0.15, -0.1) is 0 Å². The molecule has 0 amide bonds. The third-order valence-electron chi connectivity index (χ3n) is 2.31. The Balaban J connectivity index is 3.00. The predicted octanol–water partition coefficient (Wildman–Crippen LogP) is 3.30. The molecule has 0 saturated carbocycles. The Morgan fingerprint density at radius 2 is 2.17 bits per heavy atom. The third-order valence-corrected chi connectivity index (χ3v) is 2.90. The Labute approximate surface area is 117 Å². The molecule has 3 nitrogen and oxygen atoms in total. The number of rotatable bonds is 6. The fraction of sp³-hybridized carbons (Fsp3) is 0.429. The normalized spacial score (nSPS) is 12.1. The van der Waals surface area contributed by atoms with Crippen LogP contribution in [0.2, 0.25) is 0 Å². The Morgan fingerprint density at radius 3 is 2.67 bits per heavy atom. The van der Waals surface area contributed by atoms with Crippen LogP contribution in [0.15, 0.2) is 28.8 Å². The van der Waals surface area contributed by atoms with Crippen molar-refractivity contribution in [3.05, 3.63) is 34.3 Å². The summed E-state index contributed by atoms with van der Waals surface area (Å²) >= 11 is 3.50. The van der Waals surface area contributed by atoms with Crippen LogP contribution in [-0.4, -0.2) is 19.8 Å². The molecule has 0 fully saturated rings. The Bertz CT molecular complexity index is 430. The van der Waals surface area contributed by atoms with Crippen molar-refractivity contribution < 1.29 is 9.47 Å². The van der Waals surface area contributed by atoms with E-state index in [1.807, 2.05) is 26.0 Å². The van der Waals surface area contributed by atoms with Crippen LogP contribution in [0.3, 0.4) is 0 Å². The predicted molar refractivity (Wildman–Crippen MR) is 78.4 cm³/mol. The van der Waals surface area contributed by atoms with Gasteiger partial charge in [-0.05, 0) is 59.5 Å². The fourth-order valence-corrected chi connectivity index (χ4v) is 2.20. The van der Waals surface area contributed by atoms with Gasteiger partial charge in [-0.3, -0.25) is 0 Å². The molecular weight excluding hydrogens is 294 g/mol. The Morgan fingerprint density at radius 1 is 1.50 bits per heavy atom. The van der Waals surface area contributed by atoms with E-state index < -0.39 is 0 Å². The van der Waals surface area contributed by atoms with Gasteiger partial charge in [0.1, 0.15) is 6.61 Å². The van der Waals surface area contributed by atoms with Crippen molar-refractivity contribution in [2.24, 2.45) is 5.73 Å².